The highest BCUT2D eigenvalue weighted by molar-refractivity contribution is 6.02. The van der Waals surface area contributed by atoms with Gasteiger partial charge in [-0.1, -0.05) is 140 Å². The second-order valence-corrected chi connectivity index (χ2v) is 19.7. The summed E-state index contributed by atoms with van der Waals surface area (Å²) < 4.78 is 7.61. The quantitative estimate of drug-likeness (QED) is 0.142. The van der Waals surface area contributed by atoms with Crippen LogP contribution in [0, 0.1) is 0 Å². The van der Waals surface area contributed by atoms with E-state index in [9.17, 15) is 0 Å². The fourth-order valence-corrected chi connectivity index (χ4v) is 12.2. The number of aromatic nitrogens is 3. The predicted octanol–water partition coefficient (Wildman–Crippen LogP) is 17.7. The number of para-hydroxylation sites is 3. The summed E-state index contributed by atoms with van der Waals surface area (Å²) in [4.78, 5) is 0. The van der Waals surface area contributed by atoms with E-state index in [1.807, 2.05) is 19.1 Å². The van der Waals surface area contributed by atoms with Gasteiger partial charge in [0.05, 0.1) is 16.6 Å². The summed E-state index contributed by atoms with van der Waals surface area (Å²) in [6.07, 6.45) is 24.3. The molecule has 7 aromatic carbocycles. The van der Waals surface area contributed by atoms with Crippen LogP contribution in [0.3, 0.4) is 0 Å². The molecule has 3 heteroatoms. The highest BCUT2D eigenvalue weighted by atomic mass is 15.0. The van der Waals surface area contributed by atoms with Crippen molar-refractivity contribution in [2.45, 2.75) is 65.2 Å². The lowest BCUT2D eigenvalue weighted by atomic mass is 9.90. The first-order valence-corrected chi connectivity index (χ1v) is 25.7. The van der Waals surface area contributed by atoms with Gasteiger partial charge in [-0.2, -0.15) is 0 Å². The number of rotatable bonds is 7. The number of benzene rings is 7. The van der Waals surface area contributed by atoms with Gasteiger partial charge >= 0.3 is 0 Å². The van der Waals surface area contributed by atoms with Crippen molar-refractivity contribution in [2.24, 2.45) is 0 Å². The molecule has 0 N–H and O–H groups in total. The van der Waals surface area contributed by atoms with Crippen molar-refractivity contribution in [3.8, 4) is 39.3 Å². The van der Waals surface area contributed by atoms with E-state index in [-0.39, 0.29) is 0 Å². The molecule has 0 atom stereocenters. The molecule has 4 aliphatic rings. The van der Waals surface area contributed by atoms with E-state index in [1.165, 1.54) is 134 Å². The van der Waals surface area contributed by atoms with Crippen LogP contribution in [0.2, 0.25) is 0 Å². The van der Waals surface area contributed by atoms with Gasteiger partial charge in [0.1, 0.15) is 0 Å². The monoisotopic (exact) mass is 915 g/mol. The topological polar surface area (TPSA) is 14.8 Å². The number of aryl methyl sites for hydroxylation is 2. The van der Waals surface area contributed by atoms with Gasteiger partial charge in [0.15, 0.2) is 0 Å². The molecule has 0 unspecified atom stereocenters. The first kappa shape index (κ1) is 42.9. The van der Waals surface area contributed by atoms with Gasteiger partial charge in [0, 0.05) is 55.9 Å². The molecule has 0 fully saturated rings. The number of hydrogen-bond donors (Lipinski definition) is 0. The maximum absolute atomic E-state index is 3.78. The highest BCUT2D eigenvalue weighted by Crippen LogP contribution is 2.44. The van der Waals surface area contributed by atoms with Crippen LogP contribution >= 0.6 is 0 Å². The lowest BCUT2D eigenvalue weighted by Crippen LogP contribution is -2.07. The third-order valence-corrected chi connectivity index (χ3v) is 15.6. The van der Waals surface area contributed by atoms with Crippen LogP contribution in [0.25, 0.3) is 95.8 Å². The van der Waals surface area contributed by atoms with Gasteiger partial charge in [0.25, 0.3) is 0 Å². The predicted molar refractivity (Wildman–Crippen MR) is 302 cm³/mol. The van der Waals surface area contributed by atoms with Gasteiger partial charge < -0.3 is 13.7 Å². The van der Waals surface area contributed by atoms with Gasteiger partial charge in [-0.3, -0.25) is 0 Å². The molecular formula is C68H57N3. The Kier molecular flexibility index (Phi) is 10.7. The Balaban J connectivity index is 0.000000658. The summed E-state index contributed by atoms with van der Waals surface area (Å²) in [6, 6.07) is 59.6. The zero-order valence-corrected chi connectivity index (χ0v) is 40.8. The average molecular weight is 916 g/mol. The molecule has 71 heavy (non-hydrogen) atoms. The zero-order valence-electron chi connectivity index (χ0n) is 40.8. The van der Waals surface area contributed by atoms with Crippen LogP contribution in [0.1, 0.15) is 90.0 Å². The molecule has 3 nitrogen and oxygen atoms in total. The molecule has 344 valence electrons. The minimum Gasteiger partial charge on any atom is -0.313 e. The summed E-state index contributed by atoms with van der Waals surface area (Å²) in [5.74, 6) is 0. The van der Waals surface area contributed by atoms with Crippen molar-refractivity contribution in [1.82, 2.24) is 13.7 Å². The molecule has 0 saturated carbocycles. The van der Waals surface area contributed by atoms with E-state index in [2.05, 4.69) is 215 Å². The van der Waals surface area contributed by atoms with Crippen molar-refractivity contribution in [2.75, 3.05) is 0 Å². The van der Waals surface area contributed by atoms with E-state index in [0.717, 1.165) is 51.4 Å². The van der Waals surface area contributed by atoms with Crippen LogP contribution in [-0.2, 0) is 25.7 Å². The third-order valence-electron chi connectivity index (χ3n) is 15.6. The van der Waals surface area contributed by atoms with E-state index in [1.54, 1.807) is 0 Å². The van der Waals surface area contributed by atoms with Crippen molar-refractivity contribution in [3.05, 3.63) is 245 Å². The Morgan fingerprint density at radius 2 is 1.13 bits per heavy atom. The van der Waals surface area contributed by atoms with E-state index in [4.69, 9.17) is 0 Å². The first-order valence-electron chi connectivity index (χ1n) is 25.7. The van der Waals surface area contributed by atoms with Crippen molar-refractivity contribution >= 4 is 56.5 Å². The van der Waals surface area contributed by atoms with E-state index < -0.39 is 0 Å². The molecule has 0 aliphatic heterocycles. The molecule has 0 radical (unpaired) electrons. The van der Waals surface area contributed by atoms with E-state index in [0.29, 0.717) is 0 Å². The standard InChI is InChI=1S/C61H45N3.C7H12/c1-2-15-45(16-3-1)62-60-30-28-40(39-26-27-43-32-42-14-4-5-17-48(42)53(43)35-39)36-54(60)55-37-41(29-31-61(55)62)44-33-46(63-56-22-10-6-18-49(56)50-19-7-11-23-57(50)63)38-47(34-44)64-58-24-12-8-20-51(58)52-21-9-13-25-59(52)64;1-4-6-7(3)5-2/h1-6,8,10-18,20,22-28,30,33-38H,7,9,19,21,29,31-32H2;4,6H,3,5H2,1-2H3/b;6-4-. The van der Waals surface area contributed by atoms with Crippen molar-refractivity contribution in [3.63, 3.8) is 0 Å². The van der Waals surface area contributed by atoms with Crippen LogP contribution in [0.4, 0.5) is 0 Å². The lowest BCUT2D eigenvalue weighted by molar-refractivity contribution is 0.897. The summed E-state index contributed by atoms with van der Waals surface area (Å²) in [5, 5.41) is 4.02. The second-order valence-electron chi connectivity index (χ2n) is 19.7. The molecule has 0 saturated heterocycles. The fourth-order valence-electron chi connectivity index (χ4n) is 12.2. The summed E-state index contributed by atoms with van der Waals surface area (Å²) in [7, 11) is 0. The van der Waals surface area contributed by atoms with Crippen LogP contribution < -0.4 is 0 Å². The molecule has 14 rings (SSSR count). The largest absolute Gasteiger partial charge is 0.313 e. The normalized spacial score (nSPS) is 14.3. The molecule has 3 aromatic heterocycles. The molecule has 0 bridgehead atoms. The number of fused-ring (bicyclic) bond motifs is 12. The SMILES string of the molecule is C1=Cc2c(c3ccccc3n2-c2cc(C3=Cc4c(n(-c5ccccc5)c5ccc(-c6ccc7c(c6)-c6ccccc6C7)cc45)CC3)cc(-n3c4c(c5ccccc53)CCC=C4)c2)CC1.C=C(/C=C\C)CC. The maximum atomic E-state index is 3.78. The van der Waals surface area contributed by atoms with Gasteiger partial charge in [-0.05, 0) is 193 Å². The molecule has 4 aliphatic carbocycles. The van der Waals surface area contributed by atoms with Crippen LogP contribution in [0.5, 0.6) is 0 Å². The Bertz CT molecular complexity index is 3790. The molecule has 0 amide bonds. The number of hydrogen-bond acceptors (Lipinski definition) is 0. The highest BCUT2D eigenvalue weighted by Gasteiger charge is 2.26. The molecule has 0 spiro atoms. The first-order chi connectivity index (χ1) is 35.0. The third kappa shape index (κ3) is 7.25. The Morgan fingerprint density at radius 3 is 1.80 bits per heavy atom. The maximum Gasteiger partial charge on any atom is 0.0538 e. The number of allylic oxidation sites excluding steroid dienone is 6. The lowest BCUT2D eigenvalue weighted by Gasteiger charge is -2.21. The minimum atomic E-state index is 0.949. The van der Waals surface area contributed by atoms with Gasteiger partial charge in [0.2, 0.25) is 0 Å². The number of nitrogens with zero attached hydrogens (tertiary/aromatic N) is 3. The van der Waals surface area contributed by atoms with E-state index >= 15 is 0 Å². The molecule has 3 heterocycles. The molecular weight excluding hydrogens is 859 g/mol. The average Bonchev–Trinajstić information content (AvgIpc) is 4.17. The van der Waals surface area contributed by atoms with Crippen molar-refractivity contribution in [1.29, 1.82) is 0 Å². The Morgan fingerprint density at radius 1 is 0.521 bits per heavy atom. The van der Waals surface area contributed by atoms with Crippen LogP contribution in [-0.4, -0.2) is 13.7 Å². The van der Waals surface area contributed by atoms with Crippen LogP contribution in [0.15, 0.2) is 194 Å². The van der Waals surface area contributed by atoms with Gasteiger partial charge in [-0.15, -0.1) is 0 Å². The van der Waals surface area contributed by atoms with Crippen molar-refractivity contribution < 1.29 is 0 Å². The smallest absolute Gasteiger partial charge is 0.0538 e. The summed E-state index contributed by atoms with van der Waals surface area (Å²) in [6.45, 7) is 7.88. The van der Waals surface area contributed by atoms with Gasteiger partial charge in [-0.25, -0.2) is 0 Å². The zero-order chi connectivity index (χ0) is 47.6. The Labute approximate surface area is 417 Å². The second kappa shape index (κ2) is 17.7. The minimum absolute atomic E-state index is 0.949. The summed E-state index contributed by atoms with van der Waals surface area (Å²) >= 11 is 0. The Hall–Kier alpha value is -8.14. The molecule has 10 aromatic rings. The summed E-state index contributed by atoms with van der Waals surface area (Å²) in [5.41, 5.74) is 27.6. The fraction of sp³-hybridized carbons (Fsp3) is 0.147.